The third-order valence-electron chi connectivity index (χ3n) is 8.28. The van der Waals surface area contributed by atoms with Crippen LogP contribution < -0.4 is 16.0 Å². The fourth-order valence-electron chi connectivity index (χ4n) is 5.26. The van der Waals surface area contributed by atoms with Crippen molar-refractivity contribution in [3.05, 3.63) is 144 Å². The highest BCUT2D eigenvalue weighted by molar-refractivity contribution is 7.98. The molecule has 0 radical (unpaired) electrons. The molecule has 4 aromatic carbocycles. The van der Waals surface area contributed by atoms with Crippen LogP contribution in [0.25, 0.3) is 0 Å². The molecular weight excluding hydrogens is 721 g/mol. The SMILES string of the molecule is [2H]C(C)(C)[C@@H]([15NH]C(=O)[C@H]([13CH2]SCc1ccccc1)NC(=O)CCC[C@H](NC(=O)OCc1ccccc1)C(=O)OCc1ccccc1)C(=O)OCc1ccccc1. The van der Waals surface area contributed by atoms with Gasteiger partial charge in [-0.2, -0.15) is 11.8 Å². The number of alkyl carbamates (subject to hydrolysis) is 1. The highest BCUT2D eigenvalue weighted by Crippen LogP contribution is 2.15. The number of carbonyl (C=O) groups is 5. The summed E-state index contributed by atoms with van der Waals surface area (Å²) >= 11 is 1.42. The number of benzene rings is 4. The lowest BCUT2D eigenvalue weighted by Crippen LogP contribution is -2.54. The number of rotatable bonds is 21. The van der Waals surface area contributed by atoms with Crippen LogP contribution in [0.5, 0.6) is 0 Å². The summed E-state index contributed by atoms with van der Waals surface area (Å²) in [5.74, 6) is -3.32. The van der Waals surface area contributed by atoms with Gasteiger partial charge in [-0.3, -0.25) is 9.59 Å². The summed E-state index contributed by atoms with van der Waals surface area (Å²) < 4.78 is 24.9. The van der Waals surface area contributed by atoms with Gasteiger partial charge in [0.1, 0.15) is 37.9 Å². The van der Waals surface area contributed by atoms with E-state index in [4.69, 9.17) is 15.6 Å². The molecule has 3 atom stereocenters. The van der Waals surface area contributed by atoms with E-state index in [-0.39, 0.29) is 44.8 Å². The molecule has 0 aromatic heterocycles. The Kier molecular flexibility index (Phi) is 17.1. The average Bonchev–Trinajstić information content (AvgIpc) is 3.20. The fourth-order valence-corrected chi connectivity index (χ4v) is 6.28. The van der Waals surface area contributed by atoms with E-state index < -0.39 is 53.9 Å². The standard InChI is InChI=1S/C43H49N3O8S/c1-31(2)39(42(50)53-27-33-18-9-4-10-19-33)46-40(48)37(30-55-29-35-22-13-6-14-23-35)44-38(47)25-15-24-36(41(49)52-26-32-16-7-3-8-17-32)45-43(51)54-28-34-20-11-5-12-21-34/h3-14,16-23,31,36-37,39H,15,24-30H2,1-2H3,(H,44,47)(H,45,51)(H,46,48)/t36-,37-,39+/m0/s1/i30+1,31D,46+1. The van der Waals surface area contributed by atoms with Crippen LogP contribution in [0, 0.1) is 5.89 Å². The van der Waals surface area contributed by atoms with E-state index in [2.05, 4.69) is 16.0 Å². The first-order valence-corrected chi connectivity index (χ1v) is 19.2. The first kappa shape index (κ1) is 40.6. The van der Waals surface area contributed by atoms with Crippen LogP contribution in [0.2, 0.25) is 0 Å². The number of hydrogen-bond acceptors (Lipinski definition) is 9. The molecule has 0 aliphatic rings. The van der Waals surface area contributed by atoms with Gasteiger partial charge in [0.25, 0.3) is 0 Å². The van der Waals surface area contributed by atoms with Crippen LogP contribution in [0.1, 0.15) is 56.7 Å². The van der Waals surface area contributed by atoms with Crippen molar-refractivity contribution in [3.63, 3.8) is 0 Å². The molecule has 3 N–H and O–H groups in total. The Morgan fingerprint density at radius 3 is 1.58 bits per heavy atom. The molecular formula is C43H49N3O8S. The van der Waals surface area contributed by atoms with E-state index in [1.54, 1.807) is 36.4 Å². The third-order valence-corrected chi connectivity index (χ3v) is 9.39. The molecule has 0 aliphatic heterocycles. The Bertz CT molecular complexity index is 1830. The molecule has 0 fully saturated rings. The van der Waals surface area contributed by atoms with Gasteiger partial charge in [0.05, 0.1) is 0 Å². The van der Waals surface area contributed by atoms with Crippen molar-refractivity contribution in [1.29, 1.82) is 0 Å². The quantitative estimate of drug-likeness (QED) is 0.0374. The maximum Gasteiger partial charge on any atom is 0.408 e. The summed E-state index contributed by atoms with van der Waals surface area (Å²) in [6.07, 6.45) is -0.719. The normalized spacial score (nSPS) is 12.9. The molecule has 0 aliphatic carbocycles. The van der Waals surface area contributed by atoms with Crippen LogP contribution in [0.4, 0.5) is 4.79 Å². The van der Waals surface area contributed by atoms with Crippen molar-refractivity contribution < 1.29 is 39.6 Å². The lowest BCUT2D eigenvalue weighted by atomic mass is 10.1. The molecule has 0 spiro atoms. The van der Waals surface area contributed by atoms with E-state index in [9.17, 15) is 24.0 Å². The van der Waals surface area contributed by atoms with Crippen molar-refractivity contribution >= 4 is 41.6 Å². The number of amides is 3. The molecule has 12 heteroatoms. The zero-order chi connectivity index (χ0) is 40.2. The van der Waals surface area contributed by atoms with Gasteiger partial charge < -0.3 is 30.2 Å². The summed E-state index contributed by atoms with van der Waals surface area (Å²) in [7, 11) is 0. The molecule has 11 nitrogen and oxygen atoms in total. The second-order valence-electron chi connectivity index (χ2n) is 13.0. The van der Waals surface area contributed by atoms with Crippen LogP contribution in [0.15, 0.2) is 121 Å². The van der Waals surface area contributed by atoms with Crippen LogP contribution >= 0.6 is 11.8 Å². The van der Waals surface area contributed by atoms with Gasteiger partial charge in [0, 0.05) is 19.3 Å². The van der Waals surface area contributed by atoms with Crippen LogP contribution in [-0.2, 0) is 59.0 Å². The van der Waals surface area contributed by atoms with Crippen LogP contribution in [0.3, 0.4) is 0 Å². The van der Waals surface area contributed by atoms with E-state index in [0.29, 0.717) is 5.75 Å². The van der Waals surface area contributed by atoms with Crippen molar-refractivity contribution in [3.8, 4) is 0 Å². The number of thioether (sulfide) groups is 1. The number of carbonyl (C=O) groups excluding carboxylic acids is 5. The van der Waals surface area contributed by atoms with Crippen LogP contribution in [-0.4, -0.2) is 53.7 Å². The topological polar surface area (TPSA) is 149 Å². The summed E-state index contributed by atoms with van der Waals surface area (Å²) in [5, 5.41) is 8.00. The summed E-state index contributed by atoms with van der Waals surface area (Å²) in [5.41, 5.74) is 3.31. The predicted molar refractivity (Wildman–Crippen MR) is 211 cm³/mol. The van der Waals surface area contributed by atoms with Gasteiger partial charge in [-0.25, -0.2) is 14.4 Å². The highest BCUT2D eigenvalue weighted by Gasteiger charge is 2.30. The van der Waals surface area contributed by atoms with Gasteiger partial charge in [-0.05, 0) is 41.0 Å². The Morgan fingerprint density at radius 2 is 1.07 bits per heavy atom. The smallest absolute Gasteiger partial charge is 0.408 e. The monoisotopic (exact) mass is 770 g/mol. The first-order valence-electron chi connectivity index (χ1n) is 18.6. The molecule has 4 rings (SSSR count). The minimum atomic E-state index is -1.45. The summed E-state index contributed by atoms with van der Waals surface area (Å²) in [4.78, 5) is 66.2. The molecule has 290 valence electrons. The second-order valence-corrected chi connectivity index (χ2v) is 14.0. The van der Waals surface area contributed by atoms with Crippen molar-refractivity contribution in [2.24, 2.45) is 5.89 Å². The van der Waals surface area contributed by atoms with Gasteiger partial charge in [0.2, 0.25) is 11.8 Å². The third kappa shape index (κ3) is 15.7. The average molecular weight is 771 g/mol. The predicted octanol–water partition coefficient (Wildman–Crippen LogP) is 6.50. The fraction of sp³-hybridized carbons (Fsp3) is 0.326. The zero-order valence-electron chi connectivity index (χ0n) is 32.1. The minimum absolute atomic E-state index is 0.00436. The van der Waals surface area contributed by atoms with E-state index in [1.807, 2.05) is 84.9 Å². The zero-order valence-corrected chi connectivity index (χ0v) is 31.9. The number of hydrogen-bond donors (Lipinski definition) is 3. The molecule has 0 heterocycles. The first-order chi connectivity index (χ1) is 27.0. The molecule has 0 saturated carbocycles. The largest absolute Gasteiger partial charge is 0.459 e. The number of ether oxygens (including phenoxy) is 3. The molecule has 0 saturated heterocycles. The lowest BCUT2D eigenvalue weighted by molar-refractivity contribution is -0.150. The second kappa shape index (κ2) is 23.2. The van der Waals surface area contributed by atoms with Gasteiger partial charge in [0.15, 0.2) is 0 Å². The van der Waals surface area contributed by atoms with Crippen molar-refractivity contribution in [1.82, 2.24) is 16.0 Å². The molecule has 4 aromatic rings. The lowest BCUT2D eigenvalue weighted by Gasteiger charge is -2.25. The van der Waals surface area contributed by atoms with E-state index in [1.165, 1.54) is 25.6 Å². The maximum atomic E-state index is 13.7. The number of nitrogens with one attached hydrogen (secondary N) is 3. The minimum Gasteiger partial charge on any atom is -0.459 e. The van der Waals surface area contributed by atoms with E-state index >= 15 is 0 Å². The maximum absolute atomic E-state index is 13.7. The highest BCUT2D eigenvalue weighted by atomic mass is 32.2. The summed E-state index contributed by atoms with van der Waals surface area (Å²) in [6, 6.07) is 33.3. The van der Waals surface area contributed by atoms with E-state index in [0.717, 1.165) is 22.3 Å². The summed E-state index contributed by atoms with van der Waals surface area (Å²) in [6.45, 7) is 2.94. The molecule has 55 heavy (non-hydrogen) atoms. The number of esters is 2. The van der Waals surface area contributed by atoms with Gasteiger partial charge in [-0.15, -0.1) is 0 Å². The molecule has 0 bridgehead atoms. The Balaban J connectivity index is 1.38. The Labute approximate surface area is 328 Å². The van der Waals surface area contributed by atoms with Crippen molar-refractivity contribution in [2.75, 3.05) is 5.75 Å². The Morgan fingerprint density at radius 1 is 0.600 bits per heavy atom. The van der Waals surface area contributed by atoms with Gasteiger partial charge >= 0.3 is 18.0 Å². The molecule has 0 unspecified atom stereocenters. The Hall–Kier alpha value is -5.62. The molecule has 3 amide bonds. The van der Waals surface area contributed by atoms with Gasteiger partial charge in [-0.1, -0.05) is 135 Å². The van der Waals surface area contributed by atoms with Crippen molar-refractivity contribution in [2.45, 2.75) is 76.8 Å².